The quantitative estimate of drug-likeness (QED) is 0.501. The van der Waals surface area contributed by atoms with Gasteiger partial charge in [0.15, 0.2) is 0 Å². The molecule has 0 radical (unpaired) electrons. The molecule has 0 saturated heterocycles. The molecule has 3 rings (SSSR count). The summed E-state index contributed by atoms with van der Waals surface area (Å²) in [6, 6.07) is 11.1. The average molecular weight is 463 g/mol. The number of nitrogens with one attached hydrogen (secondary N) is 3. The molecular weight excluding hydrogens is 443 g/mol. The minimum atomic E-state index is -0.935. The number of methoxy groups -OCH3 is 1. The fourth-order valence-electron chi connectivity index (χ4n) is 2.93. The normalized spacial score (nSPS) is 10.8. The molecule has 0 aliphatic rings. The van der Waals surface area contributed by atoms with Crippen molar-refractivity contribution < 1.29 is 19.1 Å². The van der Waals surface area contributed by atoms with Gasteiger partial charge >= 0.3 is 11.8 Å². The summed E-state index contributed by atoms with van der Waals surface area (Å²) in [7, 11) is 1.46. The molecule has 3 N–H and O–H groups in total. The van der Waals surface area contributed by atoms with Crippen LogP contribution in [0.4, 0.5) is 5.69 Å². The molecule has 0 atom stereocenters. The number of fused-ring (bicyclic) bond motifs is 1. The largest absolute Gasteiger partial charge is 0.494 e. The molecule has 0 unspecified atom stereocenters. The van der Waals surface area contributed by atoms with Gasteiger partial charge in [0.25, 0.3) is 5.91 Å². The molecule has 8 nitrogen and oxygen atoms in total. The second-order valence-electron chi connectivity index (χ2n) is 6.91. The van der Waals surface area contributed by atoms with Crippen molar-refractivity contribution in [3.8, 4) is 5.75 Å². The zero-order valence-corrected chi connectivity index (χ0v) is 18.5. The van der Waals surface area contributed by atoms with E-state index in [9.17, 15) is 14.4 Å². The van der Waals surface area contributed by atoms with Crippen LogP contribution in [0.3, 0.4) is 0 Å². The van der Waals surface area contributed by atoms with Crippen LogP contribution in [0.25, 0.3) is 10.9 Å². The van der Waals surface area contributed by atoms with Gasteiger partial charge in [0.2, 0.25) is 0 Å². The molecule has 3 aromatic rings. The SMILES string of the molecule is COc1cccc2cc(C(=O)Nc3ccc(Cl)cc3Cl)n(NC(=O)C(=O)NC(C)C)c12. The number of aromatic nitrogens is 1. The van der Waals surface area contributed by atoms with E-state index in [4.69, 9.17) is 27.9 Å². The van der Waals surface area contributed by atoms with Gasteiger partial charge in [-0.2, -0.15) is 0 Å². The summed E-state index contributed by atoms with van der Waals surface area (Å²) in [6.07, 6.45) is 0. The molecule has 0 aliphatic carbocycles. The molecule has 3 amide bonds. The third kappa shape index (κ3) is 4.92. The Hall–Kier alpha value is -3.23. The average Bonchev–Trinajstić information content (AvgIpc) is 3.08. The first-order valence-electron chi connectivity index (χ1n) is 9.28. The van der Waals surface area contributed by atoms with Crippen molar-refractivity contribution in [2.24, 2.45) is 0 Å². The van der Waals surface area contributed by atoms with Crippen molar-refractivity contribution in [2.45, 2.75) is 19.9 Å². The molecular formula is C21H20Cl2N4O4. The maximum atomic E-state index is 13.1. The van der Waals surface area contributed by atoms with E-state index in [1.807, 2.05) is 0 Å². The van der Waals surface area contributed by atoms with E-state index in [0.29, 0.717) is 27.4 Å². The van der Waals surface area contributed by atoms with Gasteiger partial charge in [0, 0.05) is 16.5 Å². The number of hydrogen-bond donors (Lipinski definition) is 3. The second-order valence-corrected chi connectivity index (χ2v) is 7.75. The summed E-state index contributed by atoms with van der Waals surface area (Å²) in [5.41, 5.74) is 3.30. The Bertz CT molecular complexity index is 1170. The van der Waals surface area contributed by atoms with Crippen molar-refractivity contribution >= 4 is 57.5 Å². The molecule has 0 aliphatic heterocycles. The number of carbonyl (C=O) groups is 3. The van der Waals surface area contributed by atoms with Crippen molar-refractivity contribution in [1.29, 1.82) is 0 Å². The summed E-state index contributed by atoms with van der Waals surface area (Å²) in [6.45, 7) is 3.46. The van der Waals surface area contributed by atoms with Crippen LogP contribution in [-0.2, 0) is 9.59 Å². The van der Waals surface area contributed by atoms with E-state index in [2.05, 4.69) is 16.1 Å². The van der Waals surface area contributed by atoms with Crippen LogP contribution in [0, 0.1) is 0 Å². The third-order valence-electron chi connectivity index (χ3n) is 4.26. The Balaban J connectivity index is 2.04. The van der Waals surface area contributed by atoms with Gasteiger partial charge in [-0.1, -0.05) is 35.3 Å². The van der Waals surface area contributed by atoms with Gasteiger partial charge in [-0.15, -0.1) is 0 Å². The number of hydrogen-bond acceptors (Lipinski definition) is 4. The zero-order valence-electron chi connectivity index (χ0n) is 17.0. The highest BCUT2D eigenvalue weighted by Crippen LogP contribution is 2.30. The Morgan fingerprint density at radius 3 is 2.42 bits per heavy atom. The van der Waals surface area contributed by atoms with E-state index in [1.165, 1.54) is 17.9 Å². The smallest absolute Gasteiger partial charge is 0.328 e. The monoisotopic (exact) mass is 462 g/mol. The van der Waals surface area contributed by atoms with Crippen LogP contribution in [0.5, 0.6) is 5.75 Å². The van der Waals surface area contributed by atoms with Crippen molar-refractivity contribution in [3.63, 3.8) is 0 Å². The Labute approximate surface area is 188 Å². The first-order valence-corrected chi connectivity index (χ1v) is 10.0. The zero-order chi connectivity index (χ0) is 22.7. The Morgan fingerprint density at radius 1 is 1.03 bits per heavy atom. The van der Waals surface area contributed by atoms with Crippen LogP contribution in [0.1, 0.15) is 24.3 Å². The molecule has 0 bridgehead atoms. The predicted molar refractivity (Wildman–Crippen MR) is 121 cm³/mol. The van der Waals surface area contributed by atoms with Crippen LogP contribution >= 0.6 is 23.2 Å². The number of amides is 3. The topological polar surface area (TPSA) is 101 Å². The second kappa shape index (κ2) is 9.28. The van der Waals surface area contributed by atoms with Crippen molar-refractivity contribution in [2.75, 3.05) is 17.9 Å². The Kier molecular flexibility index (Phi) is 6.72. The number of para-hydroxylation sites is 1. The predicted octanol–water partition coefficient (Wildman–Crippen LogP) is 3.80. The maximum absolute atomic E-state index is 13.1. The molecule has 10 heteroatoms. The van der Waals surface area contributed by atoms with Gasteiger partial charge in [-0.25, -0.2) is 4.68 Å². The number of rotatable bonds is 5. The van der Waals surface area contributed by atoms with Crippen molar-refractivity contribution in [3.05, 3.63) is 58.2 Å². The Morgan fingerprint density at radius 2 is 1.77 bits per heavy atom. The number of ether oxygens (including phenoxy) is 1. The first-order chi connectivity index (χ1) is 14.7. The summed E-state index contributed by atoms with van der Waals surface area (Å²) in [5, 5.41) is 6.49. The fourth-order valence-corrected chi connectivity index (χ4v) is 3.39. The molecule has 0 fully saturated rings. The molecule has 31 heavy (non-hydrogen) atoms. The van der Waals surface area contributed by atoms with Crippen molar-refractivity contribution in [1.82, 2.24) is 9.99 Å². The summed E-state index contributed by atoms with van der Waals surface area (Å²) >= 11 is 12.1. The standard InChI is InChI=1S/C21H20Cl2N4O4/c1-11(2)24-20(29)21(30)26-27-16(9-12-5-4-6-17(31-3)18(12)27)19(28)25-15-8-7-13(22)10-14(15)23/h4-11H,1-3H3,(H,24,29)(H,25,28)(H,26,30). The lowest BCUT2D eigenvalue weighted by atomic mass is 10.2. The maximum Gasteiger partial charge on any atom is 0.328 e. The summed E-state index contributed by atoms with van der Waals surface area (Å²) in [4.78, 5) is 37.6. The molecule has 1 heterocycles. The summed E-state index contributed by atoms with van der Waals surface area (Å²) < 4.78 is 6.60. The van der Waals surface area contributed by atoms with E-state index < -0.39 is 17.7 Å². The molecule has 1 aromatic heterocycles. The van der Waals surface area contributed by atoms with Gasteiger partial charge in [0.1, 0.15) is 17.0 Å². The van der Waals surface area contributed by atoms with E-state index >= 15 is 0 Å². The lowest BCUT2D eigenvalue weighted by Gasteiger charge is -2.15. The number of halogens is 2. The van der Waals surface area contributed by atoms with E-state index in [1.54, 1.807) is 50.2 Å². The minimum absolute atomic E-state index is 0.0659. The van der Waals surface area contributed by atoms with Gasteiger partial charge < -0.3 is 15.4 Å². The lowest BCUT2D eigenvalue weighted by Crippen LogP contribution is -2.42. The number of benzene rings is 2. The molecule has 0 saturated carbocycles. The molecule has 2 aromatic carbocycles. The number of anilines is 1. The fraction of sp³-hybridized carbons (Fsp3) is 0.190. The van der Waals surface area contributed by atoms with Gasteiger partial charge in [-0.3, -0.25) is 19.8 Å². The van der Waals surface area contributed by atoms with Gasteiger partial charge in [-0.05, 0) is 44.2 Å². The molecule has 162 valence electrons. The lowest BCUT2D eigenvalue weighted by molar-refractivity contribution is -0.137. The minimum Gasteiger partial charge on any atom is -0.494 e. The van der Waals surface area contributed by atoms with Crippen LogP contribution in [-0.4, -0.2) is 35.5 Å². The van der Waals surface area contributed by atoms with Crippen LogP contribution < -0.4 is 20.8 Å². The van der Waals surface area contributed by atoms with E-state index in [0.717, 1.165) is 0 Å². The number of nitrogens with zero attached hydrogens (tertiary/aromatic N) is 1. The molecule has 0 spiro atoms. The third-order valence-corrected chi connectivity index (χ3v) is 4.81. The highest BCUT2D eigenvalue weighted by atomic mass is 35.5. The summed E-state index contributed by atoms with van der Waals surface area (Å²) in [5.74, 6) is -1.92. The highest BCUT2D eigenvalue weighted by molar-refractivity contribution is 6.38. The first kappa shape index (κ1) is 22.5. The highest BCUT2D eigenvalue weighted by Gasteiger charge is 2.23. The number of carbonyl (C=O) groups excluding carboxylic acids is 3. The van der Waals surface area contributed by atoms with Crippen LogP contribution in [0.15, 0.2) is 42.5 Å². The van der Waals surface area contributed by atoms with Crippen LogP contribution in [0.2, 0.25) is 10.0 Å². The van der Waals surface area contributed by atoms with E-state index in [-0.39, 0.29) is 16.8 Å². The van der Waals surface area contributed by atoms with Gasteiger partial charge in [0.05, 0.1) is 17.8 Å².